The van der Waals surface area contributed by atoms with Gasteiger partial charge in [-0.3, -0.25) is 10.1 Å². The molecule has 0 radical (unpaired) electrons. The molecule has 4 heteroatoms. The van der Waals surface area contributed by atoms with Gasteiger partial charge in [-0.2, -0.15) is 0 Å². The van der Waals surface area contributed by atoms with Gasteiger partial charge in [0.15, 0.2) is 0 Å². The van der Waals surface area contributed by atoms with Crippen LogP contribution in [0.15, 0.2) is 16.7 Å². The fourth-order valence-corrected chi connectivity index (χ4v) is 2.13. The van der Waals surface area contributed by atoms with E-state index < -0.39 is 12.0 Å². The number of carboxylic acids is 1. The largest absolute Gasteiger partial charge is 0.480 e. The number of aliphatic carboxylic acids is 1. The first-order valence-electron chi connectivity index (χ1n) is 5.21. The average molecular weight is 209 g/mol. The number of hydrogen-bond donors (Lipinski definition) is 2. The van der Waals surface area contributed by atoms with E-state index in [9.17, 15) is 4.79 Å². The number of hydrogen-bond acceptors (Lipinski definition) is 3. The molecule has 0 aliphatic carbocycles. The number of rotatable bonds is 2. The Morgan fingerprint density at radius 1 is 1.60 bits per heavy atom. The summed E-state index contributed by atoms with van der Waals surface area (Å²) in [5, 5.41) is 12.1. The Kier molecular flexibility index (Phi) is 2.77. The fraction of sp³-hybridized carbons (Fsp3) is 0.545. The van der Waals surface area contributed by atoms with Gasteiger partial charge in [0, 0.05) is 11.6 Å². The van der Waals surface area contributed by atoms with Crippen molar-refractivity contribution in [2.75, 3.05) is 0 Å². The number of furan rings is 1. The molecule has 1 saturated heterocycles. The van der Waals surface area contributed by atoms with Crippen LogP contribution in [0.1, 0.15) is 36.6 Å². The zero-order valence-electron chi connectivity index (χ0n) is 8.69. The highest BCUT2D eigenvalue weighted by Gasteiger charge is 2.28. The van der Waals surface area contributed by atoms with Crippen molar-refractivity contribution in [2.24, 2.45) is 0 Å². The summed E-state index contributed by atoms with van der Waals surface area (Å²) < 4.78 is 5.23. The number of nitrogens with one attached hydrogen (secondary N) is 1. The van der Waals surface area contributed by atoms with Gasteiger partial charge in [-0.05, 0) is 32.3 Å². The number of aryl methyl sites for hydroxylation is 1. The smallest absolute Gasteiger partial charge is 0.320 e. The van der Waals surface area contributed by atoms with Crippen LogP contribution in [0.3, 0.4) is 0 Å². The SMILES string of the molecule is Cc1occc1C1CCCC(C(=O)O)N1. The van der Waals surface area contributed by atoms with E-state index in [2.05, 4.69) is 5.32 Å². The molecule has 1 aromatic heterocycles. The highest BCUT2D eigenvalue weighted by molar-refractivity contribution is 5.73. The fourth-order valence-electron chi connectivity index (χ4n) is 2.13. The summed E-state index contributed by atoms with van der Waals surface area (Å²) in [5.41, 5.74) is 1.08. The van der Waals surface area contributed by atoms with E-state index in [0.29, 0.717) is 6.42 Å². The van der Waals surface area contributed by atoms with Crippen LogP contribution in [0.4, 0.5) is 0 Å². The third kappa shape index (κ3) is 2.04. The van der Waals surface area contributed by atoms with Gasteiger partial charge in [0.1, 0.15) is 11.8 Å². The third-order valence-electron chi connectivity index (χ3n) is 2.96. The molecule has 2 heterocycles. The van der Waals surface area contributed by atoms with Crippen LogP contribution in [-0.2, 0) is 4.79 Å². The van der Waals surface area contributed by atoms with Gasteiger partial charge in [0.2, 0.25) is 0 Å². The quantitative estimate of drug-likeness (QED) is 0.780. The predicted molar refractivity (Wildman–Crippen MR) is 54.6 cm³/mol. The molecule has 0 bridgehead atoms. The van der Waals surface area contributed by atoms with Crippen LogP contribution in [0.25, 0.3) is 0 Å². The lowest BCUT2D eigenvalue weighted by atomic mass is 9.94. The zero-order chi connectivity index (χ0) is 10.8. The number of piperidine rings is 1. The molecular weight excluding hydrogens is 194 g/mol. The highest BCUT2D eigenvalue weighted by Crippen LogP contribution is 2.28. The van der Waals surface area contributed by atoms with Crippen molar-refractivity contribution in [3.05, 3.63) is 23.7 Å². The molecule has 2 N–H and O–H groups in total. The minimum Gasteiger partial charge on any atom is -0.480 e. The van der Waals surface area contributed by atoms with Gasteiger partial charge in [0.05, 0.1) is 6.26 Å². The number of carboxylic acid groups (broad SMARTS) is 1. The minimum absolute atomic E-state index is 0.124. The highest BCUT2D eigenvalue weighted by atomic mass is 16.4. The van der Waals surface area contributed by atoms with Crippen LogP contribution in [0, 0.1) is 6.92 Å². The summed E-state index contributed by atoms with van der Waals surface area (Å²) in [6, 6.07) is 1.62. The molecule has 0 aromatic carbocycles. The Hall–Kier alpha value is -1.29. The topological polar surface area (TPSA) is 62.5 Å². The van der Waals surface area contributed by atoms with E-state index in [4.69, 9.17) is 9.52 Å². The van der Waals surface area contributed by atoms with Crippen LogP contribution >= 0.6 is 0 Å². The first-order chi connectivity index (χ1) is 7.18. The van der Waals surface area contributed by atoms with Crippen molar-refractivity contribution in [2.45, 2.75) is 38.3 Å². The summed E-state index contributed by atoms with van der Waals surface area (Å²) in [6.07, 6.45) is 4.28. The molecule has 4 nitrogen and oxygen atoms in total. The molecule has 1 fully saturated rings. The molecule has 2 atom stereocenters. The van der Waals surface area contributed by atoms with E-state index >= 15 is 0 Å². The molecule has 15 heavy (non-hydrogen) atoms. The Morgan fingerprint density at radius 3 is 3.00 bits per heavy atom. The van der Waals surface area contributed by atoms with Gasteiger partial charge in [-0.25, -0.2) is 0 Å². The molecule has 1 aromatic rings. The van der Waals surface area contributed by atoms with Crippen molar-refractivity contribution in [1.29, 1.82) is 0 Å². The molecule has 0 amide bonds. The first kappa shape index (κ1) is 10.2. The summed E-state index contributed by atoms with van der Waals surface area (Å²) in [5.74, 6) is 0.111. The maximum atomic E-state index is 10.9. The lowest BCUT2D eigenvalue weighted by Crippen LogP contribution is -2.42. The van der Waals surface area contributed by atoms with Gasteiger partial charge in [-0.15, -0.1) is 0 Å². The van der Waals surface area contributed by atoms with E-state index in [1.54, 1.807) is 6.26 Å². The van der Waals surface area contributed by atoms with E-state index in [1.807, 2.05) is 13.0 Å². The molecule has 82 valence electrons. The molecule has 0 spiro atoms. The second-order valence-electron chi connectivity index (χ2n) is 3.97. The van der Waals surface area contributed by atoms with Gasteiger partial charge in [0.25, 0.3) is 0 Å². The molecule has 1 aliphatic heterocycles. The van der Waals surface area contributed by atoms with Gasteiger partial charge < -0.3 is 9.52 Å². The summed E-state index contributed by atoms with van der Waals surface area (Å²) in [6.45, 7) is 1.90. The summed E-state index contributed by atoms with van der Waals surface area (Å²) in [4.78, 5) is 10.9. The normalized spacial score (nSPS) is 26.5. The van der Waals surface area contributed by atoms with Crippen molar-refractivity contribution in [3.8, 4) is 0 Å². The maximum absolute atomic E-state index is 10.9. The zero-order valence-corrected chi connectivity index (χ0v) is 8.69. The van der Waals surface area contributed by atoms with Crippen molar-refractivity contribution in [3.63, 3.8) is 0 Å². The minimum atomic E-state index is -0.763. The maximum Gasteiger partial charge on any atom is 0.320 e. The standard InChI is InChI=1S/C11H15NO3/c1-7-8(5-6-15-7)9-3-2-4-10(12-9)11(13)14/h5-6,9-10,12H,2-4H2,1H3,(H,13,14). The second-order valence-corrected chi connectivity index (χ2v) is 3.97. The Morgan fingerprint density at radius 2 is 2.40 bits per heavy atom. The van der Waals surface area contributed by atoms with Crippen molar-refractivity contribution >= 4 is 5.97 Å². The molecule has 0 saturated carbocycles. The van der Waals surface area contributed by atoms with E-state index in [-0.39, 0.29) is 6.04 Å². The lowest BCUT2D eigenvalue weighted by Gasteiger charge is -2.28. The Bertz CT molecular complexity index is 358. The predicted octanol–water partition coefficient (Wildman–Crippen LogP) is 1.86. The summed E-state index contributed by atoms with van der Waals surface area (Å²) >= 11 is 0. The molecule has 2 unspecified atom stereocenters. The van der Waals surface area contributed by atoms with Gasteiger partial charge >= 0.3 is 5.97 Å². The van der Waals surface area contributed by atoms with Crippen LogP contribution in [-0.4, -0.2) is 17.1 Å². The number of carbonyl (C=O) groups is 1. The molecule has 1 aliphatic rings. The second kappa shape index (κ2) is 4.06. The Labute approximate surface area is 88.3 Å². The van der Waals surface area contributed by atoms with Gasteiger partial charge in [-0.1, -0.05) is 0 Å². The third-order valence-corrected chi connectivity index (χ3v) is 2.96. The van der Waals surface area contributed by atoms with Crippen LogP contribution in [0.5, 0.6) is 0 Å². The monoisotopic (exact) mass is 209 g/mol. The van der Waals surface area contributed by atoms with Crippen molar-refractivity contribution < 1.29 is 14.3 Å². The average Bonchev–Trinajstić information content (AvgIpc) is 2.64. The van der Waals surface area contributed by atoms with E-state index in [0.717, 1.165) is 24.2 Å². The lowest BCUT2D eigenvalue weighted by molar-refractivity contribution is -0.140. The Balaban J connectivity index is 2.11. The van der Waals surface area contributed by atoms with Crippen LogP contribution in [0.2, 0.25) is 0 Å². The molecule has 2 rings (SSSR count). The molecular formula is C11H15NO3. The van der Waals surface area contributed by atoms with Crippen LogP contribution < -0.4 is 5.32 Å². The summed E-state index contributed by atoms with van der Waals surface area (Å²) in [7, 11) is 0. The van der Waals surface area contributed by atoms with Crippen molar-refractivity contribution in [1.82, 2.24) is 5.32 Å². The van der Waals surface area contributed by atoms with E-state index in [1.165, 1.54) is 0 Å². The first-order valence-corrected chi connectivity index (χ1v) is 5.21.